The van der Waals surface area contributed by atoms with Crippen molar-refractivity contribution in [3.8, 4) is 0 Å². The minimum absolute atomic E-state index is 0.0667. The molecule has 1 heterocycles. The smallest absolute Gasteiger partial charge is 0.357 e. The maximum atomic E-state index is 10.4. The highest BCUT2D eigenvalue weighted by Gasteiger charge is 2.09. The van der Waals surface area contributed by atoms with Crippen LogP contribution in [0.3, 0.4) is 0 Å². The van der Waals surface area contributed by atoms with Crippen LogP contribution < -0.4 is 5.32 Å². The van der Waals surface area contributed by atoms with E-state index in [0.29, 0.717) is 0 Å². The predicted molar refractivity (Wildman–Crippen MR) is 51.5 cm³/mol. The van der Waals surface area contributed by atoms with Crippen molar-refractivity contribution in [1.82, 2.24) is 4.98 Å². The summed E-state index contributed by atoms with van der Waals surface area (Å²) in [4.78, 5) is 14.2. The lowest BCUT2D eigenvalue weighted by Crippen LogP contribution is -2.02. The van der Waals surface area contributed by atoms with Crippen molar-refractivity contribution in [2.45, 2.75) is 26.2 Å². The number of carbonyl (C=O) groups is 1. The van der Waals surface area contributed by atoms with Crippen LogP contribution in [0.4, 0.5) is 6.01 Å². The van der Waals surface area contributed by atoms with Crippen molar-refractivity contribution in [3.05, 3.63) is 12.0 Å². The summed E-state index contributed by atoms with van der Waals surface area (Å²) in [5.41, 5.74) is -0.0667. The van der Waals surface area contributed by atoms with E-state index in [2.05, 4.69) is 17.2 Å². The van der Waals surface area contributed by atoms with Crippen LogP contribution in [0, 0.1) is 0 Å². The fourth-order valence-corrected chi connectivity index (χ4v) is 1.02. The predicted octanol–water partition coefficient (Wildman–Crippen LogP) is 1.97. The van der Waals surface area contributed by atoms with Gasteiger partial charge in [-0.1, -0.05) is 19.8 Å². The van der Waals surface area contributed by atoms with E-state index in [9.17, 15) is 4.79 Å². The van der Waals surface area contributed by atoms with E-state index in [4.69, 9.17) is 9.52 Å². The lowest BCUT2D eigenvalue weighted by Gasteiger charge is -1.98. The van der Waals surface area contributed by atoms with Gasteiger partial charge in [-0.25, -0.2) is 4.79 Å². The van der Waals surface area contributed by atoms with Gasteiger partial charge in [0.25, 0.3) is 6.01 Å². The number of carboxylic acid groups (broad SMARTS) is 1. The van der Waals surface area contributed by atoms with Gasteiger partial charge in [-0.2, -0.15) is 4.98 Å². The molecule has 0 bridgehead atoms. The van der Waals surface area contributed by atoms with Gasteiger partial charge in [-0.05, 0) is 6.42 Å². The Morgan fingerprint density at radius 3 is 3.00 bits per heavy atom. The summed E-state index contributed by atoms with van der Waals surface area (Å²) in [5, 5.41) is 11.5. The third-order valence-electron chi connectivity index (χ3n) is 1.78. The summed E-state index contributed by atoms with van der Waals surface area (Å²) in [7, 11) is 0. The zero-order valence-corrected chi connectivity index (χ0v) is 8.12. The third kappa shape index (κ3) is 3.08. The number of aromatic nitrogens is 1. The zero-order valence-electron chi connectivity index (χ0n) is 8.12. The quantitative estimate of drug-likeness (QED) is 0.683. The van der Waals surface area contributed by atoms with Crippen LogP contribution in [0.1, 0.15) is 36.7 Å². The molecule has 5 nitrogen and oxygen atoms in total. The second-order valence-electron chi connectivity index (χ2n) is 2.98. The van der Waals surface area contributed by atoms with Crippen LogP contribution in [0.5, 0.6) is 0 Å². The minimum atomic E-state index is -1.07. The molecular formula is C9H14N2O3. The normalized spacial score (nSPS) is 10.1. The Morgan fingerprint density at radius 1 is 1.64 bits per heavy atom. The molecule has 0 aromatic carbocycles. The van der Waals surface area contributed by atoms with Crippen LogP contribution >= 0.6 is 0 Å². The first-order chi connectivity index (χ1) is 6.74. The standard InChI is InChI=1S/C9H14N2O3/c1-2-3-4-5-10-9-11-7(6-14-9)8(12)13/h6H,2-5H2,1H3,(H,10,11)(H,12,13). The second kappa shape index (κ2) is 5.26. The van der Waals surface area contributed by atoms with Gasteiger partial charge in [0.2, 0.25) is 0 Å². The molecule has 5 heteroatoms. The number of oxazole rings is 1. The maximum Gasteiger partial charge on any atom is 0.357 e. The molecule has 0 atom stereocenters. The van der Waals surface area contributed by atoms with Crippen molar-refractivity contribution in [1.29, 1.82) is 0 Å². The van der Waals surface area contributed by atoms with Gasteiger partial charge >= 0.3 is 5.97 Å². The molecule has 0 fully saturated rings. The number of anilines is 1. The SMILES string of the molecule is CCCCCNc1nc(C(=O)O)co1. The molecule has 14 heavy (non-hydrogen) atoms. The molecule has 0 aliphatic carbocycles. The summed E-state index contributed by atoms with van der Waals surface area (Å²) in [5.74, 6) is -1.07. The van der Waals surface area contributed by atoms with Crippen LogP contribution in [0.2, 0.25) is 0 Å². The van der Waals surface area contributed by atoms with E-state index in [0.717, 1.165) is 32.1 Å². The number of carboxylic acids is 1. The zero-order chi connectivity index (χ0) is 10.4. The Balaban J connectivity index is 2.33. The fraction of sp³-hybridized carbons (Fsp3) is 0.556. The molecule has 0 aliphatic heterocycles. The minimum Gasteiger partial charge on any atom is -0.476 e. The summed E-state index contributed by atoms with van der Waals surface area (Å²) in [6.07, 6.45) is 4.44. The van der Waals surface area contributed by atoms with E-state index in [1.807, 2.05) is 0 Å². The number of hydrogen-bond acceptors (Lipinski definition) is 4. The fourth-order valence-electron chi connectivity index (χ4n) is 1.02. The van der Waals surface area contributed by atoms with E-state index in [-0.39, 0.29) is 11.7 Å². The molecule has 0 aliphatic rings. The number of nitrogens with zero attached hydrogens (tertiary/aromatic N) is 1. The van der Waals surface area contributed by atoms with Gasteiger partial charge < -0.3 is 14.8 Å². The van der Waals surface area contributed by atoms with Crippen LogP contribution in [0.15, 0.2) is 10.7 Å². The molecule has 2 N–H and O–H groups in total. The Hall–Kier alpha value is -1.52. The Labute approximate surface area is 82.1 Å². The molecule has 0 radical (unpaired) electrons. The Morgan fingerprint density at radius 2 is 2.43 bits per heavy atom. The summed E-state index contributed by atoms with van der Waals surface area (Å²) in [6.45, 7) is 2.88. The van der Waals surface area contributed by atoms with E-state index >= 15 is 0 Å². The maximum absolute atomic E-state index is 10.4. The first kappa shape index (κ1) is 10.6. The lowest BCUT2D eigenvalue weighted by molar-refractivity contribution is 0.0690. The molecule has 0 saturated heterocycles. The molecule has 1 aromatic heterocycles. The van der Waals surface area contributed by atoms with Crippen LogP contribution in [0.25, 0.3) is 0 Å². The van der Waals surface area contributed by atoms with Gasteiger partial charge in [-0.15, -0.1) is 0 Å². The Kier molecular flexibility index (Phi) is 3.97. The van der Waals surface area contributed by atoms with Gasteiger partial charge in [0.05, 0.1) is 0 Å². The molecular weight excluding hydrogens is 184 g/mol. The summed E-state index contributed by atoms with van der Waals surface area (Å²) in [6, 6.07) is 0.276. The number of nitrogens with one attached hydrogen (secondary N) is 1. The number of hydrogen-bond donors (Lipinski definition) is 2. The van der Waals surface area contributed by atoms with Gasteiger partial charge in [0.15, 0.2) is 5.69 Å². The highest BCUT2D eigenvalue weighted by atomic mass is 16.4. The second-order valence-corrected chi connectivity index (χ2v) is 2.98. The largest absolute Gasteiger partial charge is 0.476 e. The number of aromatic carboxylic acids is 1. The first-order valence-electron chi connectivity index (χ1n) is 4.66. The third-order valence-corrected chi connectivity index (χ3v) is 1.78. The van der Waals surface area contributed by atoms with Gasteiger partial charge in [0, 0.05) is 6.54 Å². The van der Waals surface area contributed by atoms with Crippen molar-refractivity contribution < 1.29 is 14.3 Å². The van der Waals surface area contributed by atoms with Crippen molar-refractivity contribution in [2.24, 2.45) is 0 Å². The molecule has 0 spiro atoms. The molecule has 0 unspecified atom stereocenters. The van der Waals surface area contributed by atoms with Crippen LogP contribution in [-0.2, 0) is 0 Å². The first-order valence-corrected chi connectivity index (χ1v) is 4.66. The topological polar surface area (TPSA) is 75.4 Å². The van der Waals surface area contributed by atoms with Gasteiger partial charge in [0.1, 0.15) is 6.26 Å². The average molecular weight is 198 g/mol. The average Bonchev–Trinajstić information content (AvgIpc) is 2.61. The van der Waals surface area contributed by atoms with Crippen LogP contribution in [-0.4, -0.2) is 22.6 Å². The van der Waals surface area contributed by atoms with Gasteiger partial charge in [-0.3, -0.25) is 0 Å². The highest BCUT2D eigenvalue weighted by Crippen LogP contribution is 2.07. The Bertz CT molecular complexity index is 296. The molecule has 0 amide bonds. The molecule has 1 aromatic rings. The van der Waals surface area contributed by atoms with E-state index < -0.39 is 5.97 Å². The van der Waals surface area contributed by atoms with E-state index in [1.54, 1.807) is 0 Å². The van der Waals surface area contributed by atoms with E-state index in [1.165, 1.54) is 0 Å². The lowest BCUT2D eigenvalue weighted by atomic mass is 10.2. The molecule has 0 saturated carbocycles. The van der Waals surface area contributed by atoms with Crippen molar-refractivity contribution >= 4 is 12.0 Å². The number of rotatable bonds is 6. The summed E-state index contributed by atoms with van der Waals surface area (Å²) >= 11 is 0. The molecule has 1 rings (SSSR count). The van der Waals surface area contributed by atoms with Crippen molar-refractivity contribution in [3.63, 3.8) is 0 Å². The van der Waals surface area contributed by atoms with Crippen molar-refractivity contribution in [2.75, 3.05) is 11.9 Å². The molecule has 78 valence electrons. The highest BCUT2D eigenvalue weighted by molar-refractivity contribution is 5.85. The number of unbranched alkanes of at least 4 members (excludes halogenated alkanes) is 2. The summed E-state index contributed by atoms with van der Waals surface area (Å²) < 4.78 is 4.90. The monoisotopic (exact) mass is 198 g/mol.